The van der Waals surface area contributed by atoms with Crippen molar-refractivity contribution < 1.29 is 0 Å². The Labute approximate surface area is 97.0 Å². The van der Waals surface area contributed by atoms with Crippen molar-refractivity contribution in [2.24, 2.45) is 0 Å². The van der Waals surface area contributed by atoms with Gasteiger partial charge in [-0.1, -0.05) is 12.8 Å². The molecule has 3 rings (SSSR count). The van der Waals surface area contributed by atoms with Gasteiger partial charge in [0.2, 0.25) is 0 Å². The van der Waals surface area contributed by atoms with Crippen LogP contribution in [0.3, 0.4) is 0 Å². The lowest BCUT2D eigenvalue weighted by Gasteiger charge is -2.23. The van der Waals surface area contributed by atoms with Gasteiger partial charge >= 0.3 is 0 Å². The number of hydrogen-bond acceptors (Lipinski definition) is 2. The predicted octanol–water partition coefficient (Wildman–Crippen LogP) is 2.53. The van der Waals surface area contributed by atoms with Gasteiger partial charge in [0.05, 0.1) is 12.0 Å². The molecule has 0 radical (unpaired) electrons. The molecule has 16 heavy (non-hydrogen) atoms. The molecule has 0 atom stereocenters. The first-order chi connectivity index (χ1) is 7.95. The molecule has 1 aromatic rings. The molecule has 88 valence electrons. The number of piperidine rings is 1. The third-order valence-corrected chi connectivity index (χ3v) is 4.19. The molecule has 1 aromatic heterocycles. The smallest absolute Gasteiger partial charge is 0.0925 e. The molecule has 3 nitrogen and oxygen atoms in total. The fourth-order valence-corrected chi connectivity index (χ4v) is 3.28. The number of nitrogens with one attached hydrogen (secondary N) is 2. The van der Waals surface area contributed by atoms with Crippen LogP contribution < -0.4 is 5.32 Å². The van der Waals surface area contributed by atoms with E-state index in [2.05, 4.69) is 15.3 Å². The fraction of sp³-hybridized carbons (Fsp3) is 0.769. The predicted molar refractivity (Wildman–Crippen MR) is 64.6 cm³/mol. The maximum absolute atomic E-state index is 4.60. The SMILES string of the molecule is c1nc(C2CCCC2)c(C2CCNCC2)[nH]1. The second-order valence-electron chi connectivity index (χ2n) is 5.21. The van der Waals surface area contributed by atoms with Crippen molar-refractivity contribution in [1.82, 2.24) is 15.3 Å². The van der Waals surface area contributed by atoms with Crippen LogP contribution in [-0.4, -0.2) is 23.1 Å². The molecule has 0 spiro atoms. The normalized spacial score (nSPS) is 24.0. The second-order valence-corrected chi connectivity index (χ2v) is 5.21. The maximum atomic E-state index is 4.60. The van der Waals surface area contributed by atoms with Crippen LogP contribution >= 0.6 is 0 Å². The van der Waals surface area contributed by atoms with E-state index >= 15 is 0 Å². The molecule has 2 N–H and O–H groups in total. The lowest BCUT2D eigenvalue weighted by Crippen LogP contribution is -2.27. The summed E-state index contributed by atoms with van der Waals surface area (Å²) in [6.07, 6.45) is 9.92. The van der Waals surface area contributed by atoms with Gasteiger partial charge in [0, 0.05) is 17.5 Å². The number of aromatic amines is 1. The highest BCUT2D eigenvalue weighted by atomic mass is 14.9. The van der Waals surface area contributed by atoms with Crippen LogP contribution in [0.25, 0.3) is 0 Å². The zero-order chi connectivity index (χ0) is 10.8. The molecule has 0 amide bonds. The number of aromatic nitrogens is 2. The van der Waals surface area contributed by atoms with E-state index in [0.29, 0.717) is 0 Å². The van der Waals surface area contributed by atoms with Gasteiger partial charge in [-0.05, 0) is 38.8 Å². The van der Waals surface area contributed by atoms with Crippen molar-refractivity contribution >= 4 is 0 Å². The van der Waals surface area contributed by atoms with Crippen molar-refractivity contribution in [2.75, 3.05) is 13.1 Å². The summed E-state index contributed by atoms with van der Waals surface area (Å²) in [5, 5.41) is 3.43. The number of imidazole rings is 1. The van der Waals surface area contributed by atoms with Gasteiger partial charge in [0.15, 0.2) is 0 Å². The Balaban J connectivity index is 1.80. The minimum absolute atomic E-state index is 0.722. The Morgan fingerprint density at radius 3 is 2.50 bits per heavy atom. The molecular formula is C13H21N3. The molecular weight excluding hydrogens is 198 g/mol. The largest absolute Gasteiger partial charge is 0.348 e. The van der Waals surface area contributed by atoms with Gasteiger partial charge in [0.25, 0.3) is 0 Å². The fourth-order valence-electron chi connectivity index (χ4n) is 3.28. The van der Waals surface area contributed by atoms with E-state index < -0.39 is 0 Å². The highest BCUT2D eigenvalue weighted by Gasteiger charge is 2.26. The number of hydrogen-bond donors (Lipinski definition) is 2. The van der Waals surface area contributed by atoms with Crippen molar-refractivity contribution in [1.29, 1.82) is 0 Å². The number of rotatable bonds is 2. The van der Waals surface area contributed by atoms with E-state index in [1.807, 2.05) is 6.33 Å². The van der Waals surface area contributed by atoms with E-state index in [0.717, 1.165) is 24.9 Å². The van der Waals surface area contributed by atoms with Crippen molar-refractivity contribution in [3.63, 3.8) is 0 Å². The van der Waals surface area contributed by atoms with E-state index in [4.69, 9.17) is 0 Å². The lowest BCUT2D eigenvalue weighted by atomic mass is 9.89. The van der Waals surface area contributed by atoms with Crippen LogP contribution in [0.4, 0.5) is 0 Å². The first-order valence-corrected chi connectivity index (χ1v) is 6.69. The summed E-state index contributed by atoms with van der Waals surface area (Å²) < 4.78 is 0. The molecule has 2 fully saturated rings. The van der Waals surface area contributed by atoms with Crippen LogP contribution in [0.1, 0.15) is 61.7 Å². The summed E-state index contributed by atoms with van der Waals surface area (Å²) in [6.45, 7) is 2.32. The first-order valence-electron chi connectivity index (χ1n) is 6.69. The number of nitrogens with zero attached hydrogens (tertiary/aromatic N) is 1. The Morgan fingerprint density at radius 2 is 1.75 bits per heavy atom. The van der Waals surface area contributed by atoms with Crippen LogP contribution in [-0.2, 0) is 0 Å². The molecule has 0 aromatic carbocycles. The van der Waals surface area contributed by atoms with Crippen LogP contribution in [0, 0.1) is 0 Å². The molecule has 1 saturated heterocycles. The average molecular weight is 219 g/mol. The quantitative estimate of drug-likeness (QED) is 0.802. The Hall–Kier alpha value is -0.830. The molecule has 1 aliphatic carbocycles. The highest BCUT2D eigenvalue weighted by Crippen LogP contribution is 2.37. The third-order valence-electron chi connectivity index (χ3n) is 4.19. The molecule has 3 heteroatoms. The summed E-state index contributed by atoms with van der Waals surface area (Å²) in [6, 6.07) is 0. The molecule has 0 bridgehead atoms. The Morgan fingerprint density at radius 1 is 1.00 bits per heavy atom. The average Bonchev–Trinajstić information content (AvgIpc) is 3.01. The molecule has 1 aliphatic heterocycles. The van der Waals surface area contributed by atoms with Crippen LogP contribution in [0.5, 0.6) is 0 Å². The van der Waals surface area contributed by atoms with Crippen molar-refractivity contribution in [2.45, 2.75) is 50.4 Å². The summed E-state index contributed by atoms with van der Waals surface area (Å²) >= 11 is 0. The Bertz CT molecular complexity index is 333. The van der Waals surface area contributed by atoms with Crippen molar-refractivity contribution in [3.8, 4) is 0 Å². The minimum Gasteiger partial charge on any atom is -0.348 e. The minimum atomic E-state index is 0.722. The summed E-state index contributed by atoms with van der Waals surface area (Å²) in [5.74, 6) is 1.47. The van der Waals surface area contributed by atoms with Crippen LogP contribution in [0.2, 0.25) is 0 Å². The van der Waals surface area contributed by atoms with Gasteiger partial charge in [-0.15, -0.1) is 0 Å². The lowest BCUT2D eigenvalue weighted by molar-refractivity contribution is 0.449. The first kappa shape index (κ1) is 10.3. The van der Waals surface area contributed by atoms with Gasteiger partial charge in [-0.25, -0.2) is 4.98 Å². The maximum Gasteiger partial charge on any atom is 0.0925 e. The standard InChI is InChI=1S/C13H21N3/c1-2-4-10(3-1)12-13(16-9-15-12)11-5-7-14-8-6-11/h9-11,14H,1-8H2,(H,15,16). The van der Waals surface area contributed by atoms with Gasteiger partial charge in [-0.2, -0.15) is 0 Å². The summed E-state index contributed by atoms with van der Waals surface area (Å²) in [5.41, 5.74) is 2.85. The molecule has 2 heterocycles. The molecule has 1 saturated carbocycles. The summed E-state index contributed by atoms with van der Waals surface area (Å²) in [4.78, 5) is 8.01. The molecule has 0 unspecified atom stereocenters. The van der Waals surface area contributed by atoms with Crippen molar-refractivity contribution in [3.05, 3.63) is 17.7 Å². The van der Waals surface area contributed by atoms with E-state index in [9.17, 15) is 0 Å². The second kappa shape index (κ2) is 4.58. The van der Waals surface area contributed by atoms with E-state index in [-0.39, 0.29) is 0 Å². The summed E-state index contributed by atoms with van der Waals surface area (Å²) in [7, 11) is 0. The zero-order valence-corrected chi connectivity index (χ0v) is 9.84. The zero-order valence-electron chi connectivity index (χ0n) is 9.84. The van der Waals surface area contributed by atoms with E-state index in [1.54, 1.807) is 0 Å². The topological polar surface area (TPSA) is 40.7 Å². The molecule has 2 aliphatic rings. The monoisotopic (exact) mass is 219 g/mol. The van der Waals surface area contributed by atoms with Gasteiger partial charge in [0.1, 0.15) is 0 Å². The third kappa shape index (κ3) is 1.88. The highest BCUT2D eigenvalue weighted by molar-refractivity contribution is 5.22. The number of H-pyrrole nitrogens is 1. The van der Waals surface area contributed by atoms with E-state index in [1.165, 1.54) is 49.9 Å². The van der Waals surface area contributed by atoms with Gasteiger partial charge in [-0.3, -0.25) is 0 Å². The van der Waals surface area contributed by atoms with Gasteiger partial charge < -0.3 is 10.3 Å². The Kier molecular flexibility index (Phi) is 2.96. The van der Waals surface area contributed by atoms with Crippen LogP contribution in [0.15, 0.2) is 6.33 Å².